The summed E-state index contributed by atoms with van der Waals surface area (Å²) < 4.78 is 1.65. The Labute approximate surface area is 123 Å². The van der Waals surface area contributed by atoms with Gasteiger partial charge in [-0.3, -0.25) is 4.79 Å². The van der Waals surface area contributed by atoms with Crippen LogP contribution in [-0.4, -0.2) is 33.8 Å². The van der Waals surface area contributed by atoms with E-state index in [1.54, 1.807) is 11.0 Å². The molecule has 0 aliphatic carbocycles. The molecule has 1 aliphatic rings. The SMILES string of the molecule is O=C(CC1CCCNC1)Nc1ccccc1-n1cncn1. The highest BCUT2D eigenvalue weighted by atomic mass is 16.1. The van der Waals surface area contributed by atoms with Crippen molar-refractivity contribution in [2.75, 3.05) is 18.4 Å². The van der Waals surface area contributed by atoms with Crippen molar-refractivity contribution < 1.29 is 4.79 Å². The van der Waals surface area contributed by atoms with Crippen molar-refractivity contribution in [1.29, 1.82) is 0 Å². The van der Waals surface area contributed by atoms with Gasteiger partial charge in [-0.25, -0.2) is 9.67 Å². The summed E-state index contributed by atoms with van der Waals surface area (Å²) in [5.74, 6) is 0.480. The highest BCUT2D eigenvalue weighted by molar-refractivity contribution is 5.92. The Morgan fingerprint density at radius 2 is 2.33 bits per heavy atom. The molecule has 110 valence electrons. The third kappa shape index (κ3) is 3.46. The number of nitrogens with zero attached hydrogens (tertiary/aromatic N) is 3. The molecule has 1 atom stereocenters. The van der Waals surface area contributed by atoms with Crippen LogP contribution in [0.4, 0.5) is 5.69 Å². The van der Waals surface area contributed by atoms with Crippen molar-refractivity contribution in [3.63, 3.8) is 0 Å². The first-order valence-electron chi connectivity index (χ1n) is 7.27. The Kier molecular flexibility index (Phi) is 4.25. The second-order valence-electron chi connectivity index (χ2n) is 5.32. The first-order chi connectivity index (χ1) is 10.3. The summed E-state index contributed by atoms with van der Waals surface area (Å²) in [6.45, 7) is 1.99. The predicted octanol–water partition coefficient (Wildman–Crippen LogP) is 1.60. The molecule has 0 bridgehead atoms. The van der Waals surface area contributed by atoms with Crippen molar-refractivity contribution in [3.05, 3.63) is 36.9 Å². The van der Waals surface area contributed by atoms with Gasteiger partial charge in [-0.1, -0.05) is 12.1 Å². The molecule has 1 aromatic carbocycles. The van der Waals surface area contributed by atoms with E-state index in [1.807, 2.05) is 24.3 Å². The molecule has 6 heteroatoms. The summed E-state index contributed by atoms with van der Waals surface area (Å²) in [5.41, 5.74) is 1.59. The minimum atomic E-state index is 0.0521. The summed E-state index contributed by atoms with van der Waals surface area (Å²) in [7, 11) is 0. The van der Waals surface area contributed by atoms with Crippen LogP contribution in [0.25, 0.3) is 5.69 Å². The van der Waals surface area contributed by atoms with Crippen LogP contribution in [-0.2, 0) is 4.79 Å². The summed E-state index contributed by atoms with van der Waals surface area (Å²) in [6.07, 6.45) is 5.92. The molecule has 2 aromatic rings. The Morgan fingerprint density at radius 1 is 1.43 bits per heavy atom. The average molecular weight is 285 g/mol. The van der Waals surface area contributed by atoms with E-state index in [9.17, 15) is 4.79 Å². The van der Waals surface area contributed by atoms with Gasteiger partial charge in [-0.05, 0) is 44.0 Å². The van der Waals surface area contributed by atoms with Crippen molar-refractivity contribution in [1.82, 2.24) is 20.1 Å². The van der Waals surface area contributed by atoms with Gasteiger partial charge in [0.1, 0.15) is 12.7 Å². The van der Waals surface area contributed by atoms with Gasteiger partial charge in [0.2, 0.25) is 5.91 Å². The van der Waals surface area contributed by atoms with E-state index in [0.717, 1.165) is 37.3 Å². The lowest BCUT2D eigenvalue weighted by Gasteiger charge is -2.22. The number of amides is 1. The van der Waals surface area contributed by atoms with Gasteiger partial charge < -0.3 is 10.6 Å². The van der Waals surface area contributed by atoms with Crippen molar-refractivity contribution >= 4 is 11.6 Å². The summed E-state index contributed by atoms with van der Waals surface area (Å²) >= 11 is 0. The van der Waals surface area contributed by atoms with Crippen LogP contribution in [0.15, 0.2) is 36.9 Å². The van der Waals surface area contributed by atoms with E-state index in [1.165, 1.54) is 6.33 Å². The lowest BCUT2D eigenvalue weighted by atomic mass is 9.96. The molecule has 1 unspecified atom stereocenters. The first kappa shape index (κ1) is 13.8. The second-order valence-corrected chi connectivity index (χ2v) is 5.32. The monoisotopic (exact) mass is 285 g/mol. The van der Waals surface area contributed by atoms with Crippen LogP contribution < -0.4 is 10.6 Å². The fourth-order valence-corrected chi connectivity index (χ4v) is 2.67. The molecule has 2 N–H and O–H groups in total. The smallest absolute Gasteiger partial charge is 0.224 e. The first-order valence-corrected chi connectivity index (χ1v) is 7.27. The van der Waals surface area contributed by atoms with Crippen molar-refractivity contribution in [2.45, 2.75) is 19.3 Å². The van der Waals surface area contributed by atoms with Crippen LogP contribution in [0.5, 0.6) is 0 Å². The number of para-hydroxylation sites is 2. The van der Waals surface area contributed by atoms with Crippen LogP contribution in [0, 0.1) is 5.92 Å². The number of anilines is 1. The Balaban J connectivity index is 1.68. The van der Waals surface area contributed by atoms with Crippen molar-refractivity contribution in [2.24, 2.45) is 5.92 Å². The number of rotatable bonds is 4. The van der Waals surface area contributed by atoms with Crippen LogP contribution in [0.1, 0.15) is 19.3 Å². The number of hydrogen-bond donors (Lipinski definition) is 2. The largest absolute Gasteiger partial charge is 0.324 e. The number of aromatic nitrogens is 3. The maximum absolute atomic E-state index is 12.2. The van der Waals surface area contributed by atoms with E-state index in [-0.39, 0.29) is 5.91 Å². The lowest BCUT2D eigenvalue weighted by Crippen LogP contribution is -2.32. The molecule has 0 radical (unpaired) electrons. The number of carbonyl (C=O) groups excluding carboxylic acids is 1. The molecule has 1 fully saturated rings. The number of carbonyl (C=O) groups is 1. The quantitative estimate of drug-likeness (QED) is 0.895. The van der Waals surface area contributed by atoms with Gasteiger partial charge in [0.25, 0.3) is 0 Å². The molecule has 6 nitrogen and oxygen atoms in total. The minimum Gasteiger partial charge on any atom is -0.324 e. The highest BCUT2D eigenvalue weighted by Gasteiger charge is 2.17. The standard InChI is InChI=1S/C15H19N5O/c21-15(8-12-4-3-7-16-9-12)19-13-5-1-2-6-14(13)20-11-17-10-18-20/h1-2,5-6,10-12,16H,3-4,7-9H2,(H,19,21). The van der Waals surface area contributed by atoms with Gasteiger partial charge in [-0.15, -0.1) is 0 Å². The molecule has 2 heterocycles. The van der Waals surface area contributed by atoms with E-state index in [0.29, 0.717) is 12.3 Å². The molecule has 1 aliphatic heterocycles. The number of piperidine rings is 1. The zero-order valence-corrected chi connectivity index (χ0v) is 11.8. The van der Waals surface area contributed by atoms with Gasteiger partial charge >= 0.3 is 0 Å². The van der Waals surface area contributed by atoms with E-state index in [4.69, 9.17) is 0 Å². The summed E-state index contributed by atoms with van der Waals surface area (Å²) in [4.78, 5) is 16.2. The topological polar surface area (TPSA) is 71.8 Å². The molecule has 1 saturated heterocycles. The third-order valence-corrected chi connectivity index (χ3v) is 3.72. The lowest BCUT2D eigenvalue weighted by molar-refractivity contribution is -0.117. The second kappa shape index (κ2) is 6.49. The molecule has 1 aromatic heterocycles. The normalized spacial score (nSPS) is 18.4. The maximum atomic E-state index is 12.2. The molecule has 0 spiro atoms. The highest BCUT2D eigenvalue weighted by Crippen LogP contribution is 2.20. The Bertz CT molecular complexity index is 590. The number of nitrogens with one attached hydrogen (secondary N) is 2. The van der Waals surface area contributed by atoms with E-state index < -0.39 is 0 Å². The Morgan fingerprint density at radius 3 is 3.10 bits per heavy atom. The molecule has 1 amide bonds. The fourth-order valence-electron chi connectivity index (χ4n) is 2.67. The molecular formula is C15H19N5O. The predicted molar refractivity (Wildman–Crippen MR) is 80.2 cm³/mol. The maximum Gasteiger partial charge on any atom is 0.224 e. The molecular weight excluding hydrogens is 266 g/mol. The Hall–Kier alpha value is -2.21. The zero-order valence-electron chi connectivity index (χ0n) is 11.8. The molecule has 21 heavy (non-hydrogen) atoms. The number of hydrogen-bond acceptors (Lipinski definition) is 4. The molecule has 0 saturated carbocycles. The van der Waals surface area contributed by atoms with E-state index in [2.05, 4.69) is 20.7 Å². The summed E-state index contributed by atoms with van der Waals surface area (Å²) in [5, 5.41) is 10.4. The molecule has 3 rings (SSSR count). The van der Waals surface area contributed by atoms with Crippen molar-refractivity contribution in [3.8, 4) is 5.69 Å². The zero-order chi connectivity index (χ0) is 14.5. The van der Waals surface area contributed by atoms with Gasteiger partial charge in [-0.2, -0.15) is 5.10 Å². The number of benzene rings is 1. The minimum absolute atomic E-state index is 0.0521. The van der Waals surface area contributed by atoms with Crippen LogP contribution >= 0.6 is 0 Å². The van der Waals surface area contributed by atoms with E-state index >= 15 is 0 Å². The van der Waals surface area contributed by atoms with Crippen LogP contribution in [0.3, 0.4) is 0 Å². The summed E-state index contributed by atoms with van der Waals surface area (Å²) in [6, 6.07) is 7.61. The van der Waals surface area contributed by atoms with Gasteiger partial charge in [0.05, 0.1) is 11.4 Å². The van der Waals surface area contributed by atoms with Crippen LogP contribution in [0.2, 0.25) is 0 Å². The third-order valence-electron chi connectivity index (χ3n) is 3.72. The van der Waals surface area contributed by atoms with Gasteiger partial charge in [0.15, 0.2) is 0 Å². The average Bonchev–Trinajstić information content (AvgIpc) is 3.03. The fraction of sp³-hybridized carbons (Fsp3) is 0.400. The van der Waals surface area contributed by atoms with Gasteiger partial charge in [0, 0.05) is 6.42 Å².